The van der Waals surface area contributed by atoms with Crippen molar-refractivity contribution in [3.63, 3.8) is 0 Å². The third kappa shape index (κ3) is 3.61. The lowest BCUT2D eigenvalue weighted by molar-refractivity contribution is -0.116. The number of anilines is 1. The van der Waals surface area contributed by atoms with Crippen LogP contribution in [0.1, 0.15) is 15.9 Å². The van der Waals surface area contributed by atoms with Gasteiger partial charge in [0.05, 0.1) is 10.6 Å². The van der Waals surface area contributed by atoms with Gasteiger partial charge < -0.3 is 5.32 Å². The summed E-state index contributed by atoms with van der Waals surface area (Å²) in [6.07, 6.45) is 0. The van der Waals surface area contributed by atoms with Gasteiger partial charge in [-0.15, -0.1) is 0 Å². The molecule has 6 heteroatoms. The Labute approximate surface area is 189 Å². The van der Waals surface area contributed by atoms with Crippen LogP contribution in [-0.4, -0.2) is 28.2 Å². The van der Waals surface area contributed by atoms with Gasteiger partial charge in [-0.05, 0) is 11.6 Å². The molecule has 0 saturated carbocycles. The predicted octanol–water partition coefficient (Wildman–Crippen LogP) is 5.54. The highest BCUT2D eigenvalue weighted by molar-refractivity contribution is 7.19. The van der Waals surface area contributed by atoms with Crippen molar-refractivity contribution < 1.29 is 9.59 Å². The Bertz CT molecular complexity index is 1240. The van der Waals surface area contributed by atoms with Crippen LogP contribution < -0.4 is 5.32 Å². The summed E-state index contributed by atoms with van der Waals surface area (Å²) in [4.78, 5) is 32.6. The van der Waals surface area contributed by atoms with Crippen LogP contribution in [-0.2, 0) is 4.79 Å². The fraction of sp³-hybridized carbons (Fsp3) is 0.0385. The maximum Gasteiger partial charge on any atom is 0.259 e. The molecule has 156 valence electrons. The van der Waals surface area contributed by atoms with Crippen molar-refractivity contribution in [3.05, 3.63) is 103 Å². The number of hydrogen-bond donors (Lipinski definition) is 1. The van der Waals surface area contributed by atoms with E-state index in [9.17, 15) is 9.59 Å². The summed E-state index contributed by atoms with van der Waals surface area (Å²) in [6, 6.07) is 27.1. The molecule has 0 unspecified atom stereocenters. The quantitative estimate of drug-likeness (QED) is 0.446. The Morgan fingerprint density at radius 1 is 0.875 bits per heavy atom. The van der Waals surface area contributed by atoms with Gasteiger partial charge in [0.25, 0.3) is 5.91 Å². The van der Waals surface area contributed by atoms with Crippen molar-refractivity contribution in [2.75, 3.05) is 11.9 Å². The Balaban J connectivity index is 1.40. The number of nitrogens with one attached hydrogen (secondary N) is 1. The van der Waals surface area contributed by atoms with Gasteiger partial charge in [-0.2, -0.15) is 0 Å². The number of hydrogen-bond acceptors (Lipinski definition) is 4. The van der Waals surface area contributed by atoms with E-state index in [0.29, 0.717) is 16.4 Å². The molecular formula is C26H19N3O2S. The largest absolute Gasteiger partial charge is 0.300 e. The van der Waals surface area contributed by atoms with Gasteiger partial charge in [-0.25, -0.2) is 4.98 Å². The summed E-state index contributed by atoms with van der Waals surface area (Å²) in [6.45, 7) is 3.88. The number of benzene rings is 3. The van der Waals surface area contributed by atoms with Gasteiger partial charge in [-0.1, -0.05) is 96.8 Å². The average molecular weight is 438 g/mol. The molecule has 0 atom stereocenters. The van der Waals surface area contributed by atoms with Crippen LogP contribution in [0.5, 0.6) is 0 Å². The Hall–Kier alpha value is -4.03. The minimum atomic E-state index is -0.319. The molecule has 0 spiro atoms. The molecule has 0 aliphatic carbocycles. The molecule has 5 rings (SSSR count). The highest BCUT2D eigenvalue weighted by Gasteiger charge is 2.32. The highest BCUT2D eigenvalue weighted by Crippen LogP contribution is 2.39. The van der Waals surface area contributed by atoms with Gasteiger partial charge in [0.1, 0.15) is 6.54 Å². The molecule has 0 fully saturated rings. The van der Waals surface area contributed by atoms with Crippen molar-refractivity contribution in [2.24, 2.45) is 0 Å². The molecule has 5 nitrogen and oxygen atoms in total. The molecule has 0 bridgehead atoms. The van der Waals surface area contributed by atoms with Crippen LogP contribution in [0.25, 0.3) is 27.4 Å². The normalized spacial score (nSPS) is 12.7. The third-order valence-corrected chi connectivity index (χ3v) is 6.32. The van der Waals surface area contributed by atoms with Crippen LogP contribution in [0.3, 0.4) is 0 Å². The topological polar surface area (TPSA) is 62.3 Å². The van der Waals surface area contributed by atoms with Gasteiger partial charge >= 0.3 is 0 Å². The molecule has 4 aromatic rings. The number of nitrogens with zero attached hydrogens (tertiary/aromatic N) is 2. The van der Waals surface area contributed by atoms with E-state index in [4.69, 9.17) is 4.98 Å². The minimum absolute atomic E-state index is 0.118. The van der Waals surface area contributed by atoms with Gasteiger partial charge in [0, 0.05) is 22.4 Å². The van der Waals surface area contributed by atoms with Crippen molar-refractivity contribution >= 4 is 34.0 Å². The molecule has 1 N–H and O–H groups in total. The van der Waals surface area contributed by atoms with E-state index in [1.54, 1.807) is 12.1 Å². The maximum atomic E-state index is 12.8. The first-order valence-electron chi connectivity index (χ1n) is 10.1. The lowest BCUT2D eigenvalue weighted by Crippen LogP contribution is -2.32. The van der Waals surface area contributed by atoms with E-state index in [1.165, 1.54) is 16.2 Å². The third-order valence-electron chi connectivity index (χ3n) is 5.30. The first kappa shape index (κ1) is 19.9. The van der Waals surface area contributed by atoms with Gasteiger partial charge in [0.15, 0.2) is 5.13 Å². The van der Waals surface area contributed by atoms with Crippen LogP contribution in [0.15, 0.2) is 91.5 Å². The number of rotatable bonds is 5. The monoisotopic (exact) mass is 437 g/mol. The lowest BCUT2D eigenvalue weighted by atomic mass is 10.1. The Morgan fingerprint density at radius 2 is 1.47 bits per heavy atom. The molecule has 2 heterocycles. The number of amides is 2. The zero-order valence-corrected chi connectivity index (χ0v) is 17.9. The van der Waals surface area contributed by atoms with Crippen molar-refractivity contribution in [1.29, 1.82) is 0 Å². The second-order valence-corrected chi connectivity index (χ2v) is 8.36. The second kappa shape index (κ2) is 8.24. The molecule has 1 aliphatic heterocycles. The summed E-state index contributed by atoms with van der Waals surface area (Å²) in [5, 5.41) is 3.36. The number of carbonyl (C=O) groups is 2. The molecule has 0 radical (unpaired) electrons. The van der Waals surface area contributed by atoms with Gasteiger partial charge in [-0.3, -0.25) is 14.5 Å². The fourth-order valence-corrected chi connectivity index (χ4v) is 4.76. The van der Waals surface area contributed by atoms with E-state index < -0.39 is 0 Å². The first-order chi connectivity index (χ1) is 15.6. The molecule has 1 aliphatic rings. The number of thiazole rings is 1. The second-order valence-electron chi connectivity index (χ2n) is 7.36. The summed E-state index contributed by atoms with van der Waals surface area (Å²) in [5.74, 6) is -0.532. The van der Waals surface area contributed by atoms with Crippen LogP contribution in [0, 0.1) is 0 Å². The standard InChI is InChI=1S/C26H19N3O2S/c1-17-20-14-8-9-15-21(20)25(31)29(17)16-22(30)27-26-28-23(18-10-4-2-5-11-18)24(32-26)19-12-6-3-7-13-19/h2-15H,1,16H2,(H,27,28,30). The summed E-state index contributed by atoms with van der Waals surface area (Å²) in [7, 11) is 0. The molecule has 1 aromatic heterocycles. The van der Waals surface area contributed by atoms with Crippen LogP contribution >= 0.6 is 11.3 Å². The molecular weight excluding hydrogens is 418 g/mol. The summed E-state index contributed by atoms with van der Waals surface area (Å²) >= 11 is 1.41. The molecule has 0 saturated heterocycles. The smallest absolute Gasteiger partial charge is 0.259 e. The predicted molar refractivity (Wildman–Crippen MR) is 128 cm³/mol. The molecule has 3 aromatic carbocycles. The fourth-order valence-electron chi connectivity index (χ4n) is 3.75. The number of aromatic nitrogens is 1. The number of carbonyl (C=O) groups excluding carboxylic acids is 2. The number of fused-ring (bicyclic) bond motifs is 1. The van der Waals surface area contributed by atoms with Crippen molar-refractivity contribution in [3.8, 4) is 21.7 Å². The minimum Gasteiger partial charge on any atom is -0.300 e. The van der Waals surface area contributed by atoms with Gasteiger partial charge in [0.2, 0.25) is 5.91 Å². The zero-order chi connectivity index (χ0) is 22.1. The van der Waals surface area contributed by atoms with E-state index >= 15 is 0 Å². The Morgan fingerprint density at radius 3 is 2.12 bits per heavy atom. The van der Waals surface area contributed by atoms with Crippen molar-refractivity contribution in [2.45, 2.75) is 0 Å². The SMILES string of the molecule is C=C1c2ccccc2C(=O)N1CC(=O)Nc1nc(-c2ccccc2)c(-c2ccccc2)s1. The maximum absolute atomic E-state index is 12.8. The van der Waals surface area contributed by atoms with E-state index in [2.05, 4.69) is 11.9 Å². The molecule has 2 amide bonds. The first-order valence-corrected chi connectivity index (χ1v) is 10.9. The van der Waals surface area contributed by atoms with Crippen LogP contribution in [0.2, 0.25) is 0 Å². The lowest BCUT2D eigenvalue weighted by Gasteiger charge is -2.16. The van der Waals surface area contributed by atoms with Crippen LogP contribution in [0.4, 0.5) is 5.13 Å². The highest BCUT2D eigenvalue weighted by atomic mass is 32.1. The zero-order valence-electron chi connectivity index (χ0n) is 17.1. The summed E-state index contributed by atoms with van der Waals surface area (Å²) in [5.41, 5.74) is 4.68. The van der Waals surface area contributed by atoms with E-state index in [-0.39, 0.29) is 18.4 Å². The average Bonchev–Trinajstić information content (AvgIpc) is 3.35. The van der Waals surface area contributed by atoms with E-state index in [0.717, 1.165) is 27.3 Å². The Kier molecular flexibility index (Phi) is 5.13. The van der Waals surface area contributed by atoms with Crippen molar-refractivity contribution in [1.82, 2.24) is 9.88 Å². The van der Waals surface area contributed by atoms with E-state index in [1.807, 2.05) is 72.8 Å². The summed E-state index contributed by atoms with van der Waals surface area (Å²) < 4.78 is 0. The molecule has 32 heavy (non-hydrogen) atoms.